The van der Waals surface area contributed by atoms with E-state index in [2.05, 4.69) is 23.6 Å². The summed E-state index contributed by atoms with van der Waals surface area (Å²) in [5.41, 5.74) is 6.14. The number of likely N-dealkylation sites (tertiary alicyclic amines) is 1. The molecule has 0 bridgehead atoms. The molecule has 9 heteroatoms. The largest absolute Gasteiger partial charge is 0.390 e. The van der Waals surface area contributed by atoms with E-state index >= 15 is 0 Å². The van der Waals surface area contributed by atoms with Crippen molar-refractivity contribution in [2.75, 3.05) is 23.5 Å². The number of benzene rings is 2. The van der Waals surface area contributed by atoms with E-state index in [1.165, 1.54) is 6.07 Å². The molecule has 1 aliphatic rings. The van der Waals surface area contributed by atoms with Gasteiger partial charge < -0.3 is 15.7 Å². The van der Waals surface area contributed by atoms with Gasteiger partial charge in [-0.25, -0.2) is 13.4 Å². The Hall–Kier alpha value is -3.17. The van der Waals surface area contributed by atoms with Gasteiger partial charge in [0, 0.05) is 29.7 Å². The summed E-state index contributed by atoms with van der Waals surface area (Å²) in [6.45, 7) is 5.15. The number of nitrogen functional groups attached to an aromatic ring is 1. The fourth-order valence-corrected chi connectivity index (χ4v) is 5.75. The Kier molecular flexibility index (Phi) is 6.51. The lowest BCUT2D eigenvalue weighted by Gasteiger charge is -2.39. The molecule has 1 fully saturated rings. The monoisotopic (exact) mass is 482 g/mol. The molecule has 3 aromatic rings. The van der Waals surface area contributed by atoms with Gasteiger partial charge in [0.05, 0.1) is 11.1 Å². The number of nitrogens with one attached hydrogen (secondary N) is 1. The second-order valence-corrected chi connectivity index (χ2v) is 11.0. The van der Waals surface area contributed by atoms with Crippen LogP contribution < -0.4 is 10.5 Å². The third kappa shape index (κ3) is 5.15. The number of aromatic nitrogens is 1. The molecule has 0 radical (unpaired) electrons. The topological polar surface area (TPSA) is 126 Å². The van der Waals surface area contributed by atoms with Gasteiger partial charge in [0.2, 0.25) is 0 Å². The summed E-state index contributed by atoms with van der Waals surface area (Å²) in [6, 6.07) is 14.6. The summed E-state index contributed by atoms with van der Waals surface area (Å²) in [5, 5.41) is 11.4. The number of piperidine rings is 1. The molecular formula is C25H30N4O4S. The molecule has 2 aromatic carbocycles. The first-order valence-corrected chi connectivity index (χ1v) is 12.8. The van der Waals surface area contributed by atoms with Crippen LogP contribution in [0.2, 0.25) is 0 Å². The van der Waals surface area contributed by atoms with Crippen molar-refractivity contribution in [3.8, 4) is 0 Å². The second-order valence-electron chi connectivity index (χ2n) is 9.36. The van der Waals surface area contributed by atoms with Gasteiger partial charge >= 0.3 is 0 Å². The molecule has 0 aliphatic carbocycles. The molecule has 0 unspecified atom stereocenters. The molecule has 180 valence electrons. The molecular weight excluding hydrogens is 452 g/mol. The van der Waals surface area contributed by atoms with Gasteiger partial charge in [-0.1, -0.05) is 26.0 Å². The molecule has 1 aromatic heterocycles. The highest BCUT2D eigenvalue weighted by Crippen LogP contribution is 2.30. The van der Waals surface area contributed by atoms with Gasteiger partial charge in [0.1, 0.15) is 10.7 Å². The third-order valence-corrected chi connectivity index (χ3v) is 7.56. The van der Waals surface area contributed by atoms with Crippen LogP contribution in [0.15, 0.2) is 59.5 Å². The molecule has 4 rings (SSSR count). The predicted octanol–water partition coefficient (Wildman–Crippen LogP) is 3.63. The fourth-order valence-electron chi connectivity index (χ4n) is 4.52. The molecule has 8 nitrogen and oxygen atoms in total. The van der Waals surface area contributed by atoms with Crippen LogP contribution in [0, 0.1) is 5.92 Å². The summed E-state index contributed by atoms with van der Waals surface area (Å²) < 4.78 is 28.6. The summed E-state index contributed by atoms with van der Waals surface area (Å²) >= 11 is 0. The van der Waals surface area contributed by atoms with Crippen molar-refractivity contribution in [1.29, 1.82) is 0 Å². The highest BCUT2D eigenvalue weighted by molar-refractivity contribution is 7.93. The number of nitrogens with zero attached hydrogens (tertiary/aromatic N) is 2. The lowest BCUT2D eigenvalue weighted by atomic mass is 9.84. The minimum atomic E-state index is -3.92. The van der Waals surface area contributed by atoms with Crippen LogP contribution in [-0.4, -0.2) is 48.0 Å². The number of carbonyl (C=O) groups excluding carboxylic acids is 1. The van der Waals surface area contributed by atoms with Gasteiger partial charge in [-0.05, 0) is 67.6 Å². The number of fused-ring (bicyclic) bond motifs is 1. The lowest BCUT2D eigenvalue weighted by Crippen LogP contribution is -2.47. The number of amides is 1. The summed E-state index contributed by atoms with van der Waals surface area (Å²) in [6.07, 6.45) is 1.83. The SMILES string of the molecule is CC(C)CC1(O)CCN(C(=O)c2ccc(NS(=O)(=O)c3cccc4ccc(N)nc34)cc2)CC1. The maximum absolute atomic E-state index is 13.0. The van der Waals surface area contributed by atoms with Crippen molar-refractivity contribution in [3.63, 3.8) is 0 Å². The van der Waals surface area contributed by atoms with E-state index in [9.17, 15) is 18.3 Å². The normalized spacial score (nSPS) is 16.1. The average Bonchev–Trinajstić information content (AvgIpc) is 2.78. The molecule has 1 aliphatic heterocycles. The first-order valence-electron chi connectivity index (χ1n) is 11.4. The minimum Gasteiger partial charge on any atom is -0.390 e. The van der Waals surface area contributed by atoms with Crippen LogP contribution in [0.4, 0.5) is 11.5 Å². The van der Waals surface area contributed by atoms with E-state index in [0.717, 1.165) is 6.42 Å². The zero-order valence-corrected chi connectivity index (χ0v) is 20.2. The van der Waals surface area contributed by atoms with E-state index in [-0.39, 0.29) is 16.6 Å². The van der Waals surface area contributed by atoms with Gasteiger partial charge in [-0.3, -0.25) is 9.52 Å². The van der Waals surface area contributed by atoms with Gasteiger partial charge in [0.15, 0.2) is 0 Å². The Balaban J connectivity index is 1.46. The van der Waals surface area contributed by atoms with Crippen molar-refractivity contribution in [2.45, 2.75) is 43.6 Å². The number of anilines is 2. The Bertz CT molecular complexity index is 1300. The number of para-hydroxylation sites is 1. The average molecular weight is 483 g/mol. The number of pyridine rings is 1. The van der Waals surface area contributed by atoms with Crippen molar-refractivity contribution in [2.24, 2.45) is 5.92 Å². The molecule has 1 amide bonds. The van der Waals surface area contributed by atoms with E-state index in [1.807, 2.05) is 0 Å². The fraction of sp³-hybridized carbons (Fsp3) is 0.360. The van der Waals surface area contributed by atoms with Crippen molar-refractivity contribution >= 4 is 38.3 Å². The Morgan fingerprint density at radius 3 is 2.44 bits per heavy atom. The smallest absolute Gasteiger partial charge is 0.264 e. The van der Waals surface area contributed by atoms with Crippen molar-refractivity contribution < 1.29 is 18.3 Å². The van der Waals surface area contributed by atoms with Crippen LogP contribution in [0.25, 0.3) is 10.9 Å². The zero-order chi connectivity index (χ0) is 24.5. The quantitative estimate of drug-likeness (QED) is 0.493. The summed E-state index contributed by atoms with van der Waals surface area (Å²) in [7, 11) is -3.92. The first kappa shape index (κ1) is 24.0. The molecule has 2 heterocycles. The highest BCUT2D eigenvalue weighted by atomic mass is 32.2. The minimum absolute atomic E-state index is 0.0275. The number of nitrogens with two attached hydrogens (primary N) is 1. The van der Waals surface area contributed by atoms with Crippen molar-refractivity contribution in [3.05, 3.63) is 60.2 Å². The number of aliphatic hydroxyl groups is 1. The van der Waals surface area contributed by atoms with Crippen LogP contribution in [0.1, 0.15) is 43.5 Å². The Labute approximate surface area is 199 Å². The van der Waals surface area contributed by atoms with Crippen LogP contribution >= 0.6 is 0 Å². The van der Waals surface area contributed by atoms with Crippen LogP contribution in [0.3, 0.4) is 0 Å². The molecule has 4 N–H and O–H groups in total. The number of hydrogen-bond donors (Lipinski definition) is 3. The summed E-state index contributed by atoms with van der Waals surface area (Å²) in [4.78, 5) is 18.9. The van der Waals surface area contributed by atoms with E-state index in [4.69, 9.17) is 5.73 Å². The number of hydrogen-bond acceptors (Lipinski definition) is 6. The molecule has 1 saturated heterocycles. The van der Waals surface area contributed by atoms with Crippen molar-refractivity contribution in [1.82, 2.24) is 9.88 Å². The highest BCUT2D eigenvalue weighted by Gasteiger charge is 2.34. The second kappa shape index (κ2) is 9.23. The number of rotatable bonds is 6. The zero-order valence-electron chi connectivity index (χ0n) is 19.4. The van der Waals surface area contributed by atoms with E-state index in [0.29, 0.717) is 54.0 Å². The maximum Gasteiger partial charge on any atom is 0.264 e. The first-order chi connectivity index (χ1) is 16.1. The van der Waals surface area contributed by atoms with Gasteiger partial charge in [-0.2, -0.15) is 0 Å². The predicted molar refractivity (Wildman–Crippen MR) is 133 cm³/mol. The van der Waals surface area contributed by atoms with Crippen LogP contribution in [0.5, 0.6) is 0 Å². The van der Waals surface area contributed by atoms with Gasteiger partial charge in [0.25, 0.3) is 15.9 Å². The standard InChI is InChI=1S/C25H30N4O4S/c1-17(2)16-25(31)12-14-29(15-13-25)24(30)19-6-9-20(10-7-19)28-34(32,33)21-5-3-4-18-8-11-22(26)27-23(18)21/h3-11,17,28,31H,12-16H2,1-2H3,(H2,26,27). The van der Waals surface area contributed by atoms with E-state index < -0.39 is 15.6 Å². The third-order valence-electron chi connectivity index (χ3n) is 6.15. The lowest BCUT2D eigenvalue weighted by molar-refractivity contribution is -0.0311. The number of sulfonamides is 1. The molecule has 0 saturated carbocycles. The molecule has 34 heavy (non-hydrogen) atoms. The van der Waals surface area contributed by atoms with Crippen LogP contribution in [-0.2, 0) is 10.0 Å². The Morgan fingerprint density at radius 1 is 1.12 bits per heavy atom. The summed E-state index contributed by atoms with van der Waals surface area (Å²) in [5.74, 6) is 0.499. The molecule has 0 atom stereocenters. The van der Waals surface area contributed by atoms with Gasteiger partial charge in [-0.15, -0.1) is 0 Å². The molecule has 0 spiro atoms. The van der Waals surface area contributed by atoms with E-state index in [1.54, 1.807) is 53.4 Å². The Morgan fingerprint density at radius 2 is 1.79 bits per heavy atom. The maximum atomic E-state index is 13.0. The number of carbonyl (C=O) groups is 1.